The number of thioether (sulfide) groups is 1. The highest BCUT2D eigenvalue weighted by molar-refractivity contribution is 7.99. The van der Waals surface area contributed by atoms with Crippen molar-refractivity contribution >= 4 is 29.0 Å². The Morgan fingerprint density at radius 2 is 2.22 bits per heavy atom. The Labute approximate surface area is 112 Å². The maximum Gasteiger partial charge on any atom is 0.225 e. The number of nitrogens with one attached hydrogen (secondary N) is 1. The molecule has 0 aliphatic carbocycles. The van der Waals surface area contributed by atoms with Crippen LogP contribution in [0.25, 0.3) is 0 Å². The van der Waals surface area contributed by atoms with Crippen molar-refractivity contribution in [2.75, 3.05) is 36.3 Å². The van der Waals surface area contributed by atoms with Gasteiger partial charge in [0.2, 0.25) is 5.91 Å². The molecule has 0 heterocycles. The number of ether oxygens (including phenoxy) is 1. The Morgan fingerprint density at radius 1 is 1.44 bits per heavy atom. The number of anilines is 2. The van der Waals surface area contributed by atoms with Gasteiger partial charge in [0.15, 0.2) is 0 Å². The van der Waals surface area contributed by atoms with Crippen molar-refractivity contribution < 1.29 is 9.53 Å². The lowest BCUT2D eigenvalue weighted by Gasteiger charge is -2.08. The lowest BCUT2D eigenvalue weighted by molar-refractivity contribution is -0.115. The molecule has 0 aromatic heterocycles. The number of benzene rings is 1. The van der Waals surface area contributed by atoms with Crippen molar-refractivity contribution in [3.63, 3.8) is 0 Å². The van der Waals surface area contributed by atoms with Gasteiger partial charge >= 0.3 is 0 Å². The van der Waals surface area contributed by atoms with Crippen LogP contribution in [0.15, 0.2) is 18.2 Å². The summed E-state index contributed by atoms with van der Waals surface area (Å²) in [4.78, 5) is 11.7. The Morgan fingerprint density at radius 3 is 2.89 bits per heavy atom. The maximum atomic E-state index is 11.7. The molecule has 0 saturated carbocycles. The Balaban J connectivity index is 2.31. The predicted octanol–water partition coefficient (Wildman–Crippen LogP) is 2.29. The van der Waals surface area contributed by atoms with E-state index in [1.54, 1.807) is 24.9 Å². The van der Waals surface area contributed by atoms with Crippen LogP contribution >= 0.6 is 11.8 Å². The van der Waals surface area contributed by atoms with Gasteiger partial charge in [-0.15, -0.1) is 0 Å². The second-order valence-electron chi connectivity index (χ2n) is 3.98. The van der Waals surface area contributed by atoms with Crippen LogP contribution in [0.5, 0.6) is 0 Å². The normalized spacial score (nSPS) is 10.3. The van der Waals surface area contributed by atoms with Gasteiger partial charge < -0.3 is 15.8 Å². The van der Waals surface area contributed by atoms with Crippen molar-refractivity contribution in [1.82, 2.24) is 0 Å². The van der Waals surface area contributed by atoms with Crippen molar-refractivity contribution in [3.05, 3.63) is 23.8 Å². The summed E-state index contributed by atoms with van der Waals surface area (Å²) in [5.41, 5.74) is 8.18. The number of amides is 1. The Bertz CT molecular complexity index is 397. The SMILES string of the molecule is COCCSCCC(=O)Nc1ccc(N)cc1C. The molecular weight excluding hydrogens is 248 g/mol. The fraction of sp³-hybridized carbons (Fsp3) is 0.462. The first-order valence-electron chi connectivity index (χ1n) is 5.86. The molecule has 1 rings (SSSR count). The van der Waals surface area contributed by atoms with Crippen LogP contribution < -0.4 is 11.1 Å². The molecule has 0 aliphatic heterocycles. The Hall–Kier alpha value is -1.20. The summed E-state index contributed by atoms with van der Waals surface area (Å²) in [6, 6.07) is 5.47. The Kier molecular flexibility index (Phi) is 6.60. The van der Waals surface area contributed by atoms with Crippen LogP contribution in [0.1, 0.15) is 12.0 Å². The molecule has 3 N–H and O–H groups in total. The van der Waals surface area contributed by atoms with E-state index in [9.17, 15) is 4.79 Å². The fourth-order valence-corrected chi connectivity index (χ4v) is 2.27. The zero-order valence-electron chi connectivity index (χ0n) is 10.9. The third kappa shape index (κ3) is 5.42. The largest absolute Gasteiger partial charge is 0.399 e. The number of aryl methyl sites for hydroxylation is 1. The first-order valence-corrected chi connectivity index (χ1v) is 7.01. The molecule has 0 atom stereocenters. The lowest BCUT2D eigenvalue weighted by atomic mass is 10.2. The maximum absolute atomic E-state index is 11.7. The molecule has 1 aromatic carbocycles. The van der Waals surface area contributed by atoms with E-state index >= 15 is 0 Å². The van der Waals surface area contributed by atoms with Crippen molar-refractivity contribution in [3.8, 4) is 0 Å². The van der Waals surface area contributed by atoms with Crippen molar-refractivity contribution in [2.24, 2.45) is 0 Å². The van der Waals surface area contributed by atoms with Gasteiger partial charge in [0.25, 0.3) is 0 Å². The molecule has 1 amide bonds. The van der Waals surface area contributed by atoms with Gasteiger partial charge in [-0.2, -0.15) is 11.8 Å². The summed E-state index contributed by atoms with van der Waals surface area (Å²) in [6.45, 7) is 2.66. The molecule has 4 nitrogen and oxygen atoms in total. The molecule has 0 unspecified atom stereocenters. The van der Waals surface area contributed by atoms with E-state index in [-0.39, 0.29) is 5.91 Å². The van der Waals surface area contributed by atoms with E-state index in [0.717, 1.165) is 29.4 Å². The molecular formula is C13H20N2O2S. The lowest BCUT2D eigenvalue weighted by Crippen LogP contribution is -2.13. The number of nitrogens with two attached hydrogens (primary N) is 1. The van der Waals surface area contributed by atoms with Gasteiger partial charge in [0.05, 0.1) is 6.61 Å². The predicted molar refractivity (Wildman–Crippen MR) is 78.0 cm³/mol. The number of hydrogen-bond acceptors (Lipinski definition) is 4. The van der Waals surface area contributed by atoms with Gasteiger partial charge in [-0.05, 0) is 30.7 Å². The van der Waals surface area contributed by atoms with Crippen molar-refractivity contribution in [1.29, 1.82) is 0 Å². The summed E-state index contributed by atoms with van der Waals surface area (Å²) in [7, 11) is 1.68. The molecule has 1 aromatic rings. The number of carbonyl (C=O) groups is 1. The second kappa shape index (κ2) is 8.00. The summed E-state index contributed by atoms with van der Waals surface area (Å²) in [5, 5.41) is 2.89. The van der Waals surface area contributed by atoms with Crippen LogP contribution in [0, 0.1) is 6.92 Å². The number of rotatable bonds is 7. The van der Waals surface area contributed by atoms with Crippen molar-refractivity contribution in [2.45, 2.75) is 13.3 Å². The van der Waals surface area contributed by atoms with E-state index in [0.29, 0.717) is 12.1 Å². The third-order valence-corrected chi connectivity index (χ3v) is 3.38. The molecule has 0 radical (unpaired) electrons. The minimum absolute atomic E-state index is 0.0350. The average Bonchev–Trinajstić information content (AvgIpc) is 2.32. The van der Waals surface area contributed by atoms with Gasteiger partial charge in [-0.3, -0.25) is 4.79 Å². The first kappa shape index (κ1) is 14.9. The number of methoxy groups -OCH3 is 1. The minimum atomic E-state index is 0.0350. The molecule has 0 fully saturated rings. The van der Waals surface area contributed by atoms with E-state index in [1.807, 2.05) is 19.1 Å². The van der Waals surface area contributed by atoms with Gasteiger partial charge in [-0.1, -0.05) is 0 Å². The van der Waals surface area contributed by atoms with Gasteiger partial charge in [-0.25, -0.2) is 0 Å². The molecule has 0 saturated heterocycles. The van der Waals surface area contributed by atoms with Crippen LogP contribution in [0.3, 0.4) is 0 Å². The molecule has 0 bridgehead atoms. The van der Waals surface area contributed by atoms with E-state index in [2.05, 4.69) is 5.32 Å². The van der Waals surface area contributed by atoms with Crippen LogP contribution in [-0.4, -0.2) is 31.1 Å². The third-order valence-electron chi connectivity index (χ3n) is 2.43. The molecule has 0 spiro atoms. The summed E-state index contributed by atoms with van der Waals surface area (Å²) >= 11 is 1.72. The van der Waals surface area contributed by atoms with Gasteiger partial charge in [0, 0.05) is 36.4 Å². The van der Waals surface area contributed by atoms with E-state index in [1.165, 1.54) is 0 Å². The first-order chi connectivity index (χ1) is 8.63. The van der Waals surface area contributed by atoms with Crippen LogP contribution in [0.2, 0.25) is 0 Å². The number of nitrogen functional groups attached to an aromatic ring is 1. The highest BCUT2D eigenvalue weighted by Crippen LogP contribution is 2.18. The second-order valence-corrected chi connectivity index (χ2v) is 5.20. The summed E-state index contributed by atoms with van der Waals surface area (Å²) < 4.78 is 4.94. The van der Waals surface area contributed by atoms with Crippen LogP contribution in [-0.2, 0) is 9.53 Å². The average molecular weight is 268 g/mol. The minimum Gasteiger partial charge on any atom is -0.399 e. The van der Waals surface area contributed by atoms with Gasteiger partial charge in [0.1, 0.15) is 0 Å². The fourth-order valence-electron chi connectivity index (χ4n) is 1.45. The summed E-state index contributed by atoms with van der Waals surface area (Å²) in [6.07, 6.45) is 0.512. The van der Waals surface area contributed by atoms with E-state index in [4.69, 9.17) is 10.5 Å². The molecule has 18 heavy (non-hydrogen) atoms. The zero-order chi connectivity index (χ0) is 13.4. The zero-order valence-corrected chi connectivity index (χ0v) is 11.7. The monoisotopic (exact) mass is 268 g/mol. The molecule has 0 aliphatic rings. The van der Waals surface area contributed by atoms with Crippen LogP contribution in [0.4, 0.5) is 11.4 Å². The smallest absolute Gasteiger partial charge is 0.225 e. The highest BCUT2D eigenvalue weighted by Gasteiger charge is 2.04. The highest BCUT2D eigenvalue weighted by atomic mass is 32.2. The molecule has 100 valence electrons. The molecule has 5 heteroatoms. The topological polar surface area (TPSA) is 64.3 Å². The quantitative estimate of drug-likeness (QED) is 0.588. The number of carbonyl (C=O) groups excluding carboxylic acids is 1. The standard InChI is InChI=1S/C13H20N2O2S/c1-10-9-11(14)3-4-12(10)15-13(16)5-7-18-8-6-17-2/h3-4,9H,5-8,14H2,1-2H3,(H,15,16). The van der Waals surface area contributed by atoms with E-state index < -0.39 is 0 Å². The summed E-state index contributed by atoms with van der Waals surface area (Å²) in [5.74, 6) is 1.77. The number of hydrogen-bond donors (Lipinski definition) is 2.